The van der Waals surface area contributed by atoms with Gasteiger partial charge >= 0.3 is 0 Å². The molecule has 19 heavy (non-hydrogen) atoms. The van der Waals surface area contributed by atoms with Gasteiger partial charge in [0.25, 0.3) is 0 Å². The number of hydrogen-bond acceptors (Lipinski definition) is 4. The van der Waals surface area contributed by atoms with E-state index >= 15 is 0 Å². The molecule has 5 heteroatoms. The van der Waals surface area contributed by atoms with E-state index in [9.17, 15) is 5.11 Å². The molecule has 0 radical (unpaired) electrons. The number of nitrogens with zero attached hydrogens (tertiary/aromatic N) is 1. The Bertz CT molecular complexity index is 741. The molecule has 2 heterocycles. The van der Waals surface area contributed by atoms with E-state index in [2.05, 4.69) is 27.4 Å². The van der Waals surface area contributed by atoms with Gasteiger partial charge < -0.3 is 21.1 Å². The molecule has 1 aromatic heterocycles. The average molecular weight is 254 g/mol. The molecular formula is C14H14N4O. The third-order valence-corrected chi connectivity index (χ3v) is 3.86. The van der Waals surface area contributed by atoms with Crippen LogP contribution in [0.5, 0.6) is 0 Å². The lowest BCUT2D eigenvalue weighted by atomic mass is 9.91. The lowest BCUT2D eigenvalue weighted by Crippen LogP contribution is -2.39. The second-order valence-corrected chi connectivity index (χ2v) is 4.94. The van der Waals surface area contributed by atoms with Crippen molar-refractivity contribution in [1.29, 1.82) is 0 Å². The molecule has 0 saturated heterocycles. The van der Waals surface area contributed by atoms with Crippen LogP contribution < -0.4 is 11.1 Å². The Balaban J connectivity index is 1.96. The quantitative estimate of drug-likeness (QED) is 0.567. The van der Waals surface area contributed by atoms with Crippen molar-refractivity contribution < 1.29 is 5.11 Å². The molecule has 0 spiro atoms. The average Bonchev–Trinajstić information content (AvgIpc) is 2.77. The number of aliphatic imine (C=N–C) groups is 1. The van der Waals surface area contributed by atoms with Crippen LogP contribution in [-0.4, -0.2) is 22.3 Å². The molecule has 96 valence electrons. The molecule has 5 nitrogen and oxygen atoms in total. The number of para-hydroxylation sites is 1. The Kier molecular flexibility index (Phi) is 2.02. The molecule has 0 saturated carbocycles. The fourth-order valence-electron chi connectivity index (χ4n) is 2.99. The van der Waals surface area contributed by atoms with Crippen LogP contribution in [0.4, 0.5) is 0 Å². The molecule has 0 amide bonds. The van der Waals surface area contributed by atoms with Crippen LogP contribution in [0.25, 0.3) is 16.6 Å². The number of aromatic amines is 1. The highest BCUT2D eigenvalue weighted by Crippen LogP contribution is 2.36. The van der Waals surface area contributed by atoms with Gasteiger partial charge in [0, 0.05) is 16.5 Å². The Morgan fingerprint density at radius 2 is 2.11 bits per heavy atom. The van der Waals surface area contributed by atoms with Crippen molar-refractivity contribution in [2.45, 2.75) is 19.1 Å². The highest BCUT2D eigenvalue weighted by atomic mass is 16.3. The predicted octanol–water partition coefficient (Wildman–Crippen LogP) is 1.06. The molecule has 0 bridgehead atoms. The molecular weight excluding hydrogens is 240 g/mol. The van der Waals surface area contributed by atoms with Gasteiger partial charge in [-0.1, -0.05) is 18.2 Å². The van der Waals surface area contributed by atoms with E-state index in [1.165, 1.54) is 10.9 Å². The lowest BCUT2D eigenvalue weighted by molar-refractivity contribution is 0.214. The van der Waals surface area contributed by atoms with Gasteiger partial charge in [0.1, 0.15) is 0 Å². The molecule has 1 atom stereocenters. The molecule has 4 rings (SSSR count). The van der Waals surface area contributed by atoms with Crippen molar-refractivity contribution in [2.24, 2.45) is 10.7 Å². The smallest absolute Gasteiger partial charge is 0.196 e. The first kappa shape index (κ1) is 10.6. The summed E-state index contributed by atoms with van der Waals surface area (Å²) in [5.74, 6) is 0.262. The van der Waals surface area contributed by atoms with Crippen molar-refractivity contribution in [2.75, 3.05) is 0 Å². The molecule has 2 aliphatic rings. The summed E-state index contributed by atoms with van der Waals surface area (Å²) in [6, 6.07) is 8.23. The second kappa shape index (κ2) is 3.61. The van der Waals surface area contributed by atoms with Crippen LogP contribution in [0, 0.1) is 0 Å². The van der Waals surface area contributed by atoms with E-state index in [0.717, 1.165) is 35.3 Å². The number of rotatable bonds is 0. The number of nitrogens with one attached hydrogen (secondary N) is 2. The van der Waals surface area contributed by atoms with E-state index in [1.807, 2.05) is 12.1 Å². The minimum absolute atomic E-state index is 0.262. The SMILES string of the molecule is NC1=NC(O)C2=C(N1)c1[nH]c3ccccc3c1CC2. The van der Waals surface area contributed by atoms with Crippen LogP contribution >= 0.6 is 0 Å². The lowest BCUT2D eigenvalue weighted by Gasteiger charge is -2.27. The molecule has 1 aliphatic heterocycles. The van der Waals surface area contributed by atoms with E-state index < -0.39 is 6.23 Å². The minimum Gasteiger partial charge on any atom is -0.370 e. The topological polar surface area (TPSA) is 86.4 Å². The summed E-state index contributed by atoms with van der Waals surface area (Å²) < 4.78 is 0. The van der Waals surface area contributed by atoms with E-state index in [0.29, 0.717) is 0 Å². The number of fused-ring (bicyclic) bond motifs is 4. The number of benzene rings is 1. The van der Waals surface area contributed by atoms with Gasteiger partial charge in [0.05, 0.1) is 11.4 Å². The zero-order valence-electron chi connectivity index (χ0n) is 10.3. The van der Waals surface area contributed by atoms with Crippen molar-refractivity contribution >= 4 is 22.6 Å². The molecule has 1 unspecified atom stereocenters. The number of aryl methyl sites for hydroxylation is 1. The molecule has 2 aromatic rings. The van der Waals surface area contributed by atoms with Gasteiger partial charge in [0.15, 0.2) is 12.2 Å². The Hall–Kier alpha value is -2.27. The number of H-pyrrole nitrogens is 1. The third-order valence-electron chi connectivity index (χ3n) is 3.86. The fraction of sp³-hybridized carbons (Fsp3) is 0.214. The second-order valence-electron chi connectivity index (χ2n) is 4.94. The van der Waals surface area contributed by atoms with E-state index in [1.54, 1.807) is 0 Å². The summed E-state index contributed by atoms with van der Waals surface area (Å²) in [7, 11) is 0. The molecule has 1 aliphatic carbocycles. The normalized spacial score (nSPS) is 21.7. The summed E-state index contributed by atoms with van der Waals surface area (Å²) in [5, 5.41) is 14.3. The third kappa shape index (κ3) is 1.42. The zero-order chi connectivity index (χ0) is 13.0. The van der Waals surface area contributed by atoms with Crippen LogP contribution in [-0.2, 0) is 6.42 Å². The van der Waals surface area contributed by atoms with Crippen molar-refractivity contribution in [3.63, 3.8) is 0 Å². The largest absolute Gasteiger partial charge is 0.370 e. The Morgan fingerprint density at radius 1 is 1.26 bits per heavy atom. The number of guanidine groups is 1. The summed E-state index contributed by atoms with van der Waals surface area (Å²) >= 11 is 0. The summed E-state index contributed by atoms with van der Waals surface area (Å²) in [4.78, 5) is 7.38. The molecule has 5 N–H and O–H groups in total. The number of aliphatic hydroxyl groups excluding tert-OH is 1. The summed E-state index contributed by atoms with van der Waals surface area (Å²) in [6.07, 6.45) is 0.886. The number of nitrogens with two attached hydrogens (primary N) is 1. The van der Waals surface area contributed by atoms with Crippen molar-refractivity contribution in [3.8, 4) is 0 Å². The maximum Gasteiger partial charge on any atom is 0.196 e. The fourth-order valence-corrected chi connectivity index (χ4v) is 2.99. The zero-order valence-corrected chi connectivity index (χ0v) is 10.3. The van der Waals surface area contributed by atoms with Gasteiger partial charge in [-0.25, -0.2) is 4.99 Å². The first-order valence-corrected chi connectivity index (χ1v) is 6.35. The standard InChI is InChI=1S/C14H14N4O/c15-14-17-12-9(13(19)18-14)6-5-8-7-3-1-2-4-10(7)16-11(8)12/h1-4,13,16,19H,5-6H2,(H3,15,17,18). The number of aliphatic hydroxyl groups is 1. The molecule has 1 aromatic carbocycles. The highest BCUT2D eigenvalue weighted by Gasteiger charge is 2.29. The first-order valence-electron chi connectivity index (χ1n) is 6.35. The maximum atomic E-state index is 10.00. The van der Waals surface area contributed by atoms with Crippen LogP contribution in [0.2, 0.25) is 0 Å². The predicted molar refractivity (Wildman–Crippen MR) is 74.3 cm³/mol. The van der Waals surface area contributed by atoms with E-state index in [4.69, 9.17) is 5.73 Å². The highest BCUT2D eigenvalue weighted by molar-refractivity contribution is 5.96. The maximum absolute atomic E-state index is 10.00. The Labute approximate surface area is 109 Å². The van der Waals surface area contributed by atoms with Crippen molar-refractivity contribution in [3.05, 3.63) is 41.1 Å². The monoisotopic (exact) mass is 254 g/mol. The summed E-state index contributed by atoms with van der Waals surface area (Å²) in [5.41, 5.74) is 10.9. The van der Waals surface area contributed by atoms with Crippen LogP contribution in [0.15, 0.2) is 34.8 Å². The van der Waals surface area contributed by atoms with Crippen molar-refractivity contribution in [1.82, 2.24) is 10.3 Å². The van der Waals surface area contributed by atoms with Crippen LogP contribution in [0.3, 0.4) is 0 Å². The molecule has 0 fully saturated rings. The number of aromatic nitrogens is 1. The van der Waals surface area contributed by atoms with Gasteiger partial charge in [-0.2, -0.15) is 0 Å². The summed E-state index contributed by atoms with van der Waals surface area (Å²) in [6.45, 7) is 0. The minimum atomic E-state index is -0.823. The number of hydrogen-bond donors (Lipinski definition) is 4. The van der Waals surface area contributed by atoms with Gasteiger partial charge in [0.2, 0.25) is 0 Å². The van der Waals surface area contributed by atoms with E-state index in [-0.39, 0.29) is 5.96 Å². The first-order chi connectivity index (χ1) is 9.24. The van der Waals surface area contributed by atoms with Gasteiger partial charge in [-0.15, -0.1) is 0 Å². The van der Waals surface area contributed by atoms with Gasteiger partial charge in [-0.05, 0) is 24.5 Å². The van der Waals surface area contributed by atoms with Gasteiger partial charge in [-0.3, -0.25) is 0 Å². The van der Waals surface area contributed by atoms with Crippen LogP contribution in [0.1, 0.15) is 17.7 Å². The Morgan fingerprint density at radius 3 is 3.00 bits per heavy atom.